The molecule has 1 aromatic carbocycles. The third-order valence-corrected chi connectivity index (χ3v) is 5.68. The van der Waals surface area contributed by atoms with Gasteiger partial charge in [-0.2, -0.15) is 4.31 Å². The van der Waals surface area contributed by atoms with Crippen molar-refractivity contribution in [3.63, 3.8) is 0 Å². The number of sulfonamides is 1. The molecule has 6 heteroatoms. The lowest BCUT2D eigenvalue weighted by Crippen LogP contribution is -2.45. The minimum Gasteiger partial charge on any atom is -0.391 e. The van der Waals surface area contributed by atoms with Crippen LogP contribution in [0.2, 0.25) is 0 Å². The number of rotatable bonds is 4. The van der Waals surface area contributed by atoms with Crippen molar-refractivity contribution in [3.8, 4) is 0 Å². The normalized spacial score (nSPS) is 24.6. The third-order valence-electron chi connectivity index (χ3n) is 3.75. The molecular formula is C14H22N2O3S. The number of hydrogen-bond donors (Lipinski definition) is 2. The maximum Gasteiger partial charge on any atom is 0.245 e. The summed E-state index contributed by atoms with van der Waals surface area (Å²) in [5.41, 5.74) is 0.614. The molecule has 0 aliphatic carbocycles. The van der Waals surface area contributed by atoms with Crippen LogP contribution in [0.4, 0.5) is 5.69 Å². The number of β-amino-alcohol motifs (C(OH)–C–C–N with tert-alkyl or cyclic N) is 1. The van der Waals surface area contributed by atoms with Crippen LogP contribution in [0.5, 0.6) is 0 Å². The van der Waals surface area contributed by atoms with Gasteiger partial charge in [-0.05, 0) is 31.4 Å². The zero-order valence-corrected chi connectivity index (χ0v) is 12.7. The molecule has 1 saturated heterocycles. The quantitative estimate of drug-likeness (QED) is 0.884. The molecule has 2 N–H and O–H groups in total. The Morgan fingerprint density at radius 2 is 2.10 bits per heavy atom. The number of anilines is 1. The Labute approximate surface area is 120 Å². The van der Waals surface area contributed by atoms with Crippen molar-refractivity contribution >= 4 is 15.7 Å². The highest BCUT2D eigenvalue weighted by Gasteiger charge is 2.33. The fraction of sp³-hybridized carbons (Fsp3) is 0.571. The van der Waals surface area contributed by atoms with Crippen LogP contribution in [0.1, 0.15) is 20.3 Å². The summed E-state index contributed by atoms with van der Waals surface area (Å²) < 4.78 is 26.8. The van der Waals surface area contributed by atoms with Gasteiger partial charge in [-0.25, -0.2) is 8.42 Å². The number of piperidine rings is 1. The first-order valence-corrected chi connectivity index (χ1v) is 8.42. The van der Waals surface area contributed by atoms with Gasteiger partial charge in [0.25, 0.3) is 0 Å². The van der Waals surface area contributed by atoms with Gasteiger partial charge in [0.05, 0.1) is 11.8 Å². The number of benzene rings is 1. The molecule has 0 radical (unpaired) electrons. The number of nitrogens with zero attached hydrogens (tertiary/aromatic N) is 1. The van der Waals surface area contributed by atoms with E-state index in [9.17, 15) is 13.5 Å². The summed E-state index contributed by atoms with van der Waals surface area (Å²) in [5, 5.41) is 13.0. The van der Waals surface area contributed by atoms with E-state index in [4.69, 9.17) is 0 Å². The lowest BCUT2D eigenvalue weighted by Gasteiger charge is -2.33. The molecule has 1 fully saturated rings. The van der Waals surface area contributed by atoms with Crippen LogP contribution in [-0.4, -0.2) is 43.6 Å². The minimum absolute atomic E-state index is 0.144. The van der Waals surface area contributed by atoms with Gasteiger partial charge in [0, 0.05) is 19.6 Å². The average molecular weight is 298 g/mol. The fourth-order valence-electron chi connectivity index (χ4n) is 2.41. The van der Waals surface area contributed by atoms with Crippen molar-refractivity contribution in [2.45, 2.75) is 31.3 Å². The summed E-state index contributed by atoms with van der Waals surface area (Å²) >= 11 is 0. The second-order valence-electron chi connectivity index (χ2n) is 5.22. The highest BCUT2D eigenvalue weighted by atomic mass is 32.2. The highest BCUT2D eigenvalue weighted by Crippen LogP contribution is 2.28. The predicted molar refractivity (Wildman–Crippen MR) is 79.2 cm³/mol. The molecule has 1 aliphatic heterocycles. The SMILES string of the molecule is CCNc1ccccc1S(=O)(=O)N1CCC(C)C(O)C1. The molecule has 2 unspecified atom stereocenters. The molecule has 0 saturated carbocycles. The molecule has 0 spiro atoms. The van der Waals surface area contributed by atoms with Crippen LogP contribution in [-0.2, 0) is 10.0 Å². The predicted octanol–water partition coefficient (Wildman–Crippen LogP) is 1.51. The van der Waals surface area contributed by atoms with E-state index < -0.39 is 16.1 Å². The van der Waals surface area contributed by atoms with Crippen LogP contribution in [0.25, 0.3) is 0 Å². The van der Waals surface area contributed by atoms with Crippen molar-refractivity contribution in [1.29, 1.82) is 0 Å². The molecule has 0 aromatic heterocycles. The van der Waals surface area contributed by atoms with Gasteiger partial charge in [0.2, 0.25) is 10.0 Å². The number of hydrogen-bond acceptors (Lipinski definition) is 4. The van der Waals surface area contributed by atoms with E-state index >= 15 is 0 Å². The fourth-order valence-corrected chi connectivity index (χ4v) is 4.05. The second-order valence-corrected chi connectivity index (χ2v) is 7.13. The number of aliphatic hydroxyl groups excluding tert-OH is 1. The van der Waals surface area contributed by atoms with Gasteiger partial charge in [-0.15, -0.1) is 0 Å². The van der Waals surface area contributed by atoms with E-state index in [1.807, 2.05) is 19.9 Å². The largest absolute Gasteiger partial charge is 0.391 e. The Balaban J connectivity index is 2.31. The Bertz CT molecular complexity index is 559. The highest BCUT2D eigenvalue weighted by molar-refractivity contribution is 7.89. The third kappa shape index (κ3) is 2.97. The summed E-state index contributed by atoms with van der Waals surface area (Å²) in [5.74, 6) is 0.144. The second kappa shape index (κ2) is 6.11. The maximum absolute atomic E-state index is 12.7. The first-order chi connectivity index (χ1) is 9.46. The standard InChI is InChI=1S/C14H22N2O3S/c1-3-15-12-6-4-5-7-14(12)20(18,19)16-9-8-11(2)13(17)10-16/h4-7,11,13,15,17H,3,8-10H2,1-2H3. The number of aliphatic hydroxyl groups is 1. The summed E-state index contributed by atoms with van der Waals surface area (Å²) in [7, 11) is -3.56. The van der Waals surface area contributed by atoms with Crippen molar-refractivity contribution in [3.05, 3.63) is 24.3 Å². The molecule has 1 heterocycles. The lowest BCUT2D eigenvalue weighted by molar-refractivity contribution is 0.0605. The molecule has 1 aliphatic rings. The summed E-state index contributed by atoms with van der Waals surface area (Å²) in [4.78, 5) is 0.281. The average Bonchev–Trinajstić information content (AvgIpc) is 2.42. The zero-order valence-electron chi connectivity index (χ0n) is 11.9. The molecule has 2 atom stereocenters. The van der Waals surface area contributed by atoms with E-state index in [1.165, 1.54) is 4.31 Å². The molecule has 5 nitrogen and oxygen atoms in total. The summed E-state index contributed by atoms with van der Waals surface area (Å²) in [6.45, 7) is 5.16. The maximum atomic E-state index is 12.7. The Hall–Kier alpha value is -1.11. The topological polar surface area (TPSA) is 69.6 Å². The van der Waals surface area contributed by atoms with Gasteiger partial charge in [-0.3, -0.25) is 0 Å². The van der Waals surface area contributed by atoms with Crippen LogP contribution >= 0.6 is 0 Å². The van der Waals surface area contributed by atoms with Crippen LogP contribution < -0.4 is 5.32 Å². The van der Waals surface area contributed by atoms with Crippen molar-refractivity contribution < 1.29 is 13.5 Å². The van der Waals surface area contributed by atoms with Crippen molar-refractivity contribution in [2.75, 3.05) is 25.0 Å². The summed E-state index contributed by atoms with van der Waals surface area (Å²) in [6, 6.07) is 6.90. The number of nitrogens with one attached hydrogen (secondary N) is 1. The summed E-state index contributed by atoms with van der Waals surface area (Å²) in [6.07, 6.45) is 0.0915. The lowest BCUT2D eigenvalue weighted by atomic mass is 9.98. The first kappa shape index (κ1) is 15.3. The molecule has 2 rings (SSSR count). The Kier molecular flexibility index (Phi) is 4.67. The van der Waals surface area contributed by atoms with Crippen LogP contribution in [0.15, 0.2) is 29.2 Å². The smallest absolute Gasteiger partial charge is 0.245 e. The molecule has 20 heavy (non-hydrogen) atoms. The molecule has 1 aromatic rings. The molecule has 0 bridgehead atoms. The molecular weight excluding hydrogens is 276 g/mol. The van der Waals surface area contributed by atoms with Crippen molar-refractivity contribution in [2.24, 2.45) is 5.92 Å². The molecule has 0 amide bonds. The van der Waals surface area contributed by atoms with Gasteiger partial charge < -0.3 is 10.4 Å². The Morgan fingerprint density at radius 1 is 1.40 bits per heavy atom. The van der Waals surface area contributed by atoms with E-state index in [0.29, 0.717) is 25.2 Å². The zero-order chi connectivity index (χ0) is 14.8. The van der Waals surface area contributed by atoms with E-state index in [-0.39, 0.29) is 17.4 Å². The van der Waals surface area contributed by atoms with Gasteiger partial charge >= 0.3 is 0 Å². The Morgan fingerprint density at radius 3 is 2.75 bits per heavy atom. The van der Waals surface area contributed by atoms with Gasteiger partial charge in [-0.1, -0.05) is 19.1 Å². The van der Waals surface area contributed by atoms with Crippen LogP contribution in [0.3, 0.4) is 0 Å². The van der Waals surface area contributed by atoms with E-state index in [1.54, 1.807) is 18.2 Å². The monoisotopic (exact) mass is 298 g/mol. The molecule has 112 valence electrons. The minimum atomic E-state index is -3.56. The van der Waals surface area contributed by atoms with E-state index in [2.05, 4.69) is 5.32 Å². The first-order valence-electron chi connectivity index (χ1n) is 6.98. The van der Waals surface area contributed by atoms with Crippen LogP contribution in [0, 0.1) is 5.92 Å². The number of para-hydroxylation sites is 1. The van der Waals surface area contributed by atoms with Gasteiger partial charge in [0.1, 0.15) is 4.90 Å². The van der Waals surface area contributed by atoms with Gasteiger partial charge in [0.15, 0.2) is 0 Å². The van der Waals surface area contributed by atoms with E-state index in [0.717, 1.165) is 0 Å². The van der Waals surface area contributed by atoms with Crippen molar-refractivity contribution in [1.82, 2.24) is 4.31 Å².